The minimum Gasteiger partial charge on any atom is -0.494 e. The van der Waals surface area contributed by atoms with Gasteiger partial charge in [-0.1, -0.05) is 6.07 Å². The van der Waals surface area contributed by atoms with Gasteiger partial charge in [0.2, 0.25) is 5.91 Å². The van der Waals surface area contributed by atoms with Crippen molar-refractivity contribution in [1.29, 1.82) is 0 Å². The van der Waals surface area contributed by atoms with Crippen molar-refractivity contribution in [3.63, 3.8) is 0 Å². The third kappa shape index (κ3) is 4.67. The molecule has 2 fully saturated rings. The Morgan fingerprint density at radius 1 is 1.14 bits per heavy atom. The van der Waals surface area contributed by atoms with Crippen LogP contribution in [0.1, 0.15) is 49.9 Å². The number of para-hydroxylation sites is 1. The van der Waals surface area contributed by atoms with Crippen LogP contribution in [0.3, 0.4) is 0 Å². The topological polar surface area (TPSA) is 103 Å². The number of aryl methyl sites for hydroxylation is 2. The molecule has 2 aliphatic rings. The van der Waals surface area contributed by atoms with Crippen LogP contribution in [-0.2, 0) is 9.53 Å². The van der Waals surface area contributed by atoms with Crippen LogP contribution >= 0.6 is 11.3 Å². The number of carbonyl (C=O) groups excluding carboxylic acids is 1. The molecule has 1 saturated heterocycles. The van der Waals surface area contributed by atoms with Crippen LogP contribution in [0.15, 0.2) is 29.6 Å². The Bertz CT molecular complexity index is 1470. The van der Waals surface area contributed by atoms with E-state index in [1.165, 1.54) is 0 Å². The van der Waals surface area contributed by atoms with Gasteiger partial charge in [0, 0.05) is 29.7 Å². The van der Waals surface area contributed by atoms with E-state index in [0.717, 1.165) is 65.6 Å². The van der Waals surface area contributed by atoms with E-state index in [0.29, 0.717) is 29.3 Å². The van der Waals surface area contributed by atoms with E-state index in [4.69, 9.17) is 19.4 Å². The summed E-state index contributed by atoms with van der Waals surface area (Å²) in [5.74, 6) is 2.09. The predicted molar refractivity (Wildman–Crippen MR) is 145 cm³/mol. The number of aromatic nitrogens is 4. The number of nitrogens with one attached hydrogen (secondary N) is 2. The highest BCUT2D eigenvalue weighted by Gasteiger charge is 2.30. The molecule has 1 unspecified atom stereocenters. The maximum atomic E-state index is 12.6. The maximum Gasteiger partial charge on any atom is 0.228 e. The van der Waals surface area contributed by atoms with Gasteiger partial charge in [-0.15, -0.1) is 11.3 Å². The number of benzene rings is 1. The smallest absolute Gasteiger partial charge is 0.228 e. The zero-order valence-electron chi connectivity index (χ0n) is 21.2. The van der Waals surface area contributed by atoms with Crippen molar-refractivity contribution in [3.8, 4) is 16.3 Å². The summed E-state index contributed by atoms with van der Waals surface area (Å²) < 4.78 is 14.0. The quantitative estimate of drug-likeness (QED) is 0.311. The van der Waals surface area contributed by atoms with Crippen molar-refractivity contribution in [2.45, 2.75) is 52.2 Å². The zero-order valence-corrected chi connectivity index (χ0v) is 22.0. The summed E-state index contributed by atoms with van der Waals surface area (Å²) in [6.45, 7) is 4.67. The lowest BCUT2D eigenvalue weighted by molar-refractivity contribution is -0.117. The van der Waals surface area contributed by atoms with Crippen molar-refractivity contribution in [2.24, 2.45) is 5.92 Å². The first-order valence-electron chi connectivity index (χ1n) is 12.7. The summed E-state index contributed by atoms with van der Waals surface area (Å²) in [6.07, 6.45) is 4.77. The Labute approximate surface area is 219 Å². The number of rotatable bonds is 7. The Hall–Kier alpha value is -3.50. The predicted octanol–water partition coefficient (Wildman–Crippen LogP) is 5.97. The van der Waals surface area contributed by atoms with Crippen molar-refractivity contribution in [1.82, 2.24) is 19.5 Å². The lowest BCUT2D eigenvalue weighted by Crippen LogP contribution is -2.20. The van der Waals surface area contributed by atoms with Gasteiger partial charge >= 0.3 is 0 Å². The molecule has 0 bridgehead atoms. The fraction of sp³-hybridized carbons (Fsp3) is 0.407. The van der Waals surface area contributed by atoms with Crippen LogP contribution in [-0.4, -0.2) is 39.1 Å². The molecule has 192 valence electrons. The molecule has 0 radical (unpaired) electrons. The standard InChI is InChI=1S/C27H30N6O3S/c1-15-14-37-27(28-15)18-7-6-8-19(24(18)35-3)30-20-13-21(32-26(34)17-10-11-17)31-25-23(20)29-16(2)33(25)22-9-4-5-12-36-22/h6-8,13-14,17,22H,4-5,9-12H2,1-3H3,(H2,30,31,32,34). The molecule has 0 spiro atoms. The fourth-order valence-electron chi connectivity index (χ4n) is 4.82. The molecule has 9 nitrogen and oxygen atoms in total. The van der Waals surface area contributed by atoms with Crippen molar-refractivity contribution >= 4 is 45.6 Å². The minimum atomic E-state index is -0.125. The van der Waals surface area contributed by atoms with E-state index < -0.39 is 0 Å². The van der Waals surface area contributed by atoms with Gasteiger partial charge in [-0.05, 0) is 58.1 Å². The number of anilines is 3. The molecule has 1 amide bonds. The van der Waals surface area contributed by atoms with E-state index in [2.05, 4.69) is 20.2 Å². The number of hydrogen-bond donors (Lipinski definition) is 2. The molecule has 2 N–H and O–H groups in total. The molecule has 3 aromatic heterocycles. The highest BCUT2D eigenvalue weighted by molar-refractivity contribution is 7.13. The Balaban J connectivity index is 1.45. The molecule has 1 aliphatic carbocycles. The van der Waals surface area contributed by atoms with Gasteiger partial charge in [0.1, 0.15) is 28.4 Å². The number of amides is 1. The molecule has 6 rings (SSSR count). The summed E-state index contributed by atoms with van der Waals surface area (Å²) >= 11 is 1.58. The molecule has 1 atom stereocenters. The third-order valence-electron chi connectivity index (χ3n) is 6.81. The summed E-state index contributed by atoms with van der Waals surface area (Å²) in [4.78, 5) is 27.0. The van der Waals surface area contributed by atoms with Crippen LogP contribution in [0.25, 0.3) is 21.7 Å². The van der Waals surface area contributed by atoms with Gasteiger partial charge in [-0.25, -0.2) is 15.0 Å². The SMILES string of the molecule is COc1c(Nc2cc(NC(=O)C3CC3)nc3c2nc(C)n3C2CCCCO2)cccc1-c1nc(C)cs1. The summed E-state index contributed by atoms with van der Waals surface area (Å²) in [7, 11) is 1.66. The fourth-order valence-corrected chi connectivity index (χ4v) is 5.64. The van der Waals surface area contributed by atoms with Gasteiger partial charge in [0.25, 0.3) is 0 Å². The lowest BCUT2D eigenvalue weighted by Gasteiger charge is -2.25. The highest BCUT2D eigenvalue weighted by Crippen LogP contribution is 2.41. The van der Waals surface area contributed by atoms with Crippen molar-refractivity contribution in [2.75, 3.05) is 24.4 Å². The zero-order chi connectivity index (χ0) is 25.5. The van der Waals surface area contributed by atoms with E-state index >= 15 is 0 Å². The van der Waals surface area contributed by atoms with Crippen LogP contribution in [0.2, 0.25) is 0 Å². The maximum absolute atomic E-state index is 12.6. The molecule has 4 heterocycles. The van der Waals surface area contributed by atoms with Crippen LogP contribution < -0.4 is 15.4 Å². The van der Waals surface area contributed by atoms with Gasteiger partial charge in [-0.2, -0.15) is 0 Å². The number of hydrogen-bond acceptors (Lipinski definition) is 8. The van der Waals surface area contributed by atoms with Crippen molar-refractivity contribution in [3.05, 3.63) is 41.2 Å². The number of methoxy groups -OCH3 is 1. The summed E-state index contributed by atoms with van der Waals surface area (Å²) in [6, 6.07) is 7.79. The normalized spacial score (nSPS) is 17.6. The van der Waals surface area contributed by atoms with Gasteiger partial charge in [0.15, 0.2) is 11.4 Å². The first kappa shape index (κ1) is 23.9. The second-order valence-electron chi connectivity index (χ2n) is 9.65. The Morgan fingerprint density at radius 2 is 2.00 bits per heavy atom. The van der Waals surface area contributed by atoms with E-state index in [-0.39, 0.29) is 18.1 Å². The Morgan fingerprint density at radius 3 is 2.70 bits per heavy atom. The van der Waals surface area contributed by atoms with Crippen molar-refractivity contribution < 1.29 is 14.3 Å². The molecule has 1 saturated carbocycles. The minimum absolute atomic E-state index is 0.00761. The highest BCUT2D eigenvalue weighted by atomic mass is 32.1. The number of ether oxygens (including phenoxy) is 2. The van der Waals surface area contributed by atoms with E-state index in [1.807, 2.05) is 43.5 Å². The number of nitrogens with zero attached hydrogens (tertiary/aromatic N) is 4. The van der Waals surface area contributed by atoms with Crippen LogP contribution in [0.5, 0.6) is 5.75 Å². The van der Waals surface area contributed by atoms with Gasteiger partial charge in [-0.3, -0.25) is 9.36 Å². The number of pyridine rings is 1. The largest absolute Gasteiger partial charge is 0.494 e. The molecule has 10 heteroatoms. The molecule has 4 aromatic rings. The second-order valence-corrected chi connectivity index (χ2v) is 10.5. The Kier molecular flexibility index (Phi) is 6.29. The van der Waals surface area contributed by atoms with Gasteiger partial charge < -0.3 is 20.1 Å². The first-order valence-corrected chi connectivity index (χ1v) is 13.6. The lowest BCUT2D eigenvalue weighted by atomic mass is 10.1. The third-order valence-corrected chi connectivity index (χ3v) is 7.80. The number of fused-ring (bicyclic) bond motifs is 1. The number of thiazole rings is 1. The molecule has 37 heavy (non-hydrogen) atoms. The van der Waals surface area contributed by atoms with Crippen LogP contribution in [0.4, 0.5) is 17.2 Å². The first-order chi connectivity index (χ1) is 18.0. The summed E-state index contributed by atoms with van der Waals surface area (Å²) in [5.41, 5.74) is 4.80. The molecule has 1 aliphatic heterocycles. The van der Waals surface area contributed by atoms with E-state index in [9.17, 15) is 4.79 Å². The number of imidazole rings is 1. The molecular weight excluding hydrogens is 488 g/mol. The average Bonchev–Trinajstić information content (AvgIpc) is 3.58. The molecular formula is C27H30N6O3S. The van der Waals surface area contributed by atoms with Crippen LogP contribution in [0, 0.1) is 19.8 Å². The second kappa shape index (κ2) is 9.75. The molecule has 1 aromatic carbocycles. The van der Waals surface area contributed by atoms with Gasteiger partial charge in [0.05, 0.1) is 24.0 Å². The average molecular weight is 519 g/mol. The monoisotopic (exact) mass is 518 g/mol. The summed E-state index contributed by atoms with van der Waals surface area (Å²) in [5, 5.41) is 9.47. The van der Waals surface area contributed by atoms with E-state index in [1.54, 1.807) is 18.4 Å². The number of carbonyl (C=O) groups is 1.